The average molecular weight is 471 g/mol. The molecular weight excluding hydrogens is 428 g/mol. The first kappa shape index (κ1) is 23.8. The summed E-state index contributed by atoms with van der Waals surface area (Å²) in [6, 6.07) is 1.19. The molecule has 0 unspecified atom stereocenters. The highest BCUT2D eigenvalue weighted by Crippen LogP contribution is 2.34. The highest BCUT2D eigenvalue weighted by molar-refractivity contribution is 5.84. The molecule has 0 atom stereocenters. The lowest BCUT2D eigenvalue weighted by atomic mass is 9.92. The van der Waals surface area contributed by atoms with Crippen LogP contribution in [0, 0.1) is 5.92 Å². The molecule has 0 radical (unpaired) electrons. The second-order valence-corrected chi connectivity index (χ2v) is 10.7. The third-order valence-corrected chi connectivity index (χ3v) is 8.14. The van der Waals surface area contributed by atoms with E-state index in [1.54, 1.807) is 0 Å². The second kappa shape index (κ2) is 11.2. The summed E-state index contributed by atoms with van der Waals surface area (Å²) < 4.78 is 2.28. The molecule has 0 spiro atoms. The van der Waals surface area contributed by atoms with Gasteiger partial charge in [-0.05, 0) is 63.7 Å². The molecular formula is C25H42N8O. The molecule has 1 aliphatic heterocycles. The van der Waals surface area contributed by atoms with Crippen LogP contribution >= 0.6 is 0 Å². The summed E-state index contributed by atoms with van der Waals surface area (Å²) in [4.78, 5) is 14.7. The molecule has 9 heteroatoms. The lowest BCUT2D eigenvalue weighted by molar-refractivity contribution is 0.202. The molecule has 9 nitrogen and oxygen atoms in total. The van der Waals surface area contributed by atoms with Crippen molar-refractivity contribution in [2.75, 3.05) is 30.4 Å². The zero-order valence-corrected chi connectivity index (χ0v) is 20.5. The Kier molecular flexibility index (Phi) is 7.81. The highest BCUT2D eigenvalue weighted by atomic mass is 16.2. The van der Waals surface area contributed by atoms with Crippen molar-refractivity contribution in [3.8, 4) is 0 Å². The van der Waals surface area contributed by atoms with Crippen molar-refractivity contribution in [3.05, 3.63) is 6.33 Å². The molecule has 2 aliphatic carbocycles. The number of rotatable bonds is 9. The summed E-state index contributed by atoms with van der Waals surface area (Å²) in [6.07, 6.45) is 16.8. The number of nitrogens with zero attached hydrogens (tertiary/aromatic N) is 5. The van der Waals surface area contributed by atoms with Gasteiger partial charge in [0, 0.05) is 37.8 Å². The third kappa shape index (κ3) is 5.63. The van der Waals surface area contributed by atoms with Gasteiger partial charge in [-0.3, -0.25) is 0 Å². The van der Waals surface area contributed by atoms with E-state index >= 15 is 0 Å². The number of aliphatic hydroxyl groups excluding tert-OH is 1. The van der Waals surface area contributed by atoms with Gasteiger partial charge in [0.1, 0.15) is 0 Å². The number of hydrogen-bond donors (Lipinski definition) is 4. The Morgan fingerprint density at radius 1 is 0.971 bits per heavy atom. The van der Waals surface area contributed by atoms with Gasteiger partial charge in [0.05, 0.1) is 6.33 Å². The summed E-state index contributed by atoms with van der Waals surface area (Å²) >= 11 is 0. The highest BCUT2D eigenvalue weighted by Gasteiger charge is 2.25. The molecule has 0 amide bonds. The first-order chi connectivity index (χ1) is 16.7. The molecule has 3 aliphatic rings. The summed E-state index contributed by atoms with van der Waals surface area (Å²) in [6.45, 7) is 2.31. The van der Waals surface area contributed by atoms with Gasteiger partial charge in [0.15, 0.2) is 17.0 Å². The Morgan fingerprint density at radius 3 is 2.47 bits per heavy atom. The van der Waals surface area contributed by atoms with E-state index in [9.17, 15) is 0 Å². The summed E-state index contributed by atoms with van der Waals surface area (Å²) in [5.74, 6) is 2.27. The van der Waals surface area contributed by atoms with Crippen LogP contribution in [0.25, 0.3) is 11.2 Å². The predicted octanol–water partition coefficient (Wildman–Crippen LogP) is 3.82. The van der Waals surface area contributed by atoms with Crippen molar-refractivity contribution in [2.24, 2.45) is 11.7 Å². The number of aromatic nitrogens is 4. The maximum Gasteiger partial charge on any atom is 0.227 e. The maximum atomic E-state index is 9.05. The summed E-state index contributed by atoms with van der Waals surface area (Å²) in [7, 11) is 0. The van der Waals surface area contributed by atoms with E-state index in [1.807, 2.05) is 6.33 Å². The van der Waals surface area contributed by atoms with Crippen molar-refractivity contribution in [1.29, 1.82) is 0 Å². The number of aliphatic hydroxyl groups is 1. The molecule has 0 bridgehead atoms. The van der Waals surface area contributed by atoms with Gasteiger partial charge < -0.3 is 26.1 Å². The lowest BCUT2D eigenvalue weighted by Gasteiger charge is -2.32. The van der Waals surface area contributed by atoms with Gasteiger partial charge in [-0.15, -0.1) is 0 Å². The first-order valence-corrected chi connectivity index (χ1v) is 13.6. The van der Waals surface area contributed by atoms with Gasteiger partial charge >= 0.3 is 0 Å². The number of hydrazine groups is 1. The lowest BCUT2D eigenvalue weighted by Crippen LogP contribution is -2.38. The Balaban J connectivity index is 1.32. The molecule has 2 aromatic heterocycles. The Labute approximate surface area is 202 Å². The van der Waals surface area contributed by atoms with Crippen LogP contribution < -0.4 is 16.5 Å². The molecule has 5 rings (SSSR count). The van der Waals surface area contributed by atoms with Crippen molar-refractivity contribution in [1.82, 2.24) is 24.5 Å². The van der Waals surface area contributed by atoms with Crippen LogP contribution in [0.2, 0.25) is 0 Å². The fourth-order valence-corrected chi connectivity index (χ4v) is 5.98. The van der Waals surface area contributed by atoms with Gasteiger partial charge in [0.25, 0.3) is 0 Å². The number of unbranched alkanes of at least 4 members (excludes halogenated alkanes) is 1. The molecule has 1 saturated heterocycles. The van der Waals surface area contributed by atoms with E-state index < -0.39 is 0 Å². The SMILES string of the molecule is N[C@H]1CC[C@H](Nc2nc(NN3CCC(CCCCO)CC3)c3ncn(C4CCCC4)c3n2)CC1. The van der Waals surface area contributed by atoms with Crippen LogP contribution in [0.5, 0.6) is 0 Å². The molecule has 188 valence electrons. The van der Waals surface area contributed by atoms with Crippen LogP contribution in [0.4, 0.5) is 11.8 Å². The van der Waals surface area contributed by atoms with Crippen LogP contribution in [-0.4, -0.2) is 61.4 Å². The van der Waals surface area contributed by atoms with Gasteiger partial charge in [-0.2, -0.15) is 9.97 Å². The minimum absolute atomic E-state index is 0.307. The summed E-state index contributed by atoms with van der Waals surface area (Å²) in [5, 5.41) is 15.0. The minimum Gasteiger partial charge on any atom is -0.396 e. The second-order valence-electron chi connectivity index (χ2n) is 10.7. The largest absolute Gasteiger partial charge is 0.396 e. The van der Waals surface area contributed by atoms with Crippen molar-refractivity contribution >= 4 is 22.9 Å². The topological polar surface area (TPSA) is 117 Å². The number of imidazole rings is 1. The standard InChI is InChI=1S/C25H42N8O/c26-19-8-10-20(11-9-19)28-25-29-23(31-32-14-12-18(13-15-32)5-3-4-16-34)22-24(30-25)33(17-27-22)21-6-1-2-7-21/h17-21,34H,1-16,26H2,(H2,28,29,30,31)/t19-,20-. The fourth-order valence-electron chi connectivity index (χ4n) is 5.98. The Morgan fingerprint density at radius 2 is 1.74 bits per heavy atom. The molecule has 34 heavy (non-hydrogen) atoms. The van der Waals surface area contributed by atoms with Gasteiger partial charge in [-0.1, -0.05) is 25.7 Å². The van der Waals surface area contributed by atoms with Crippen molar-refractivity contribution in [2.45, 2.75) is 102 Å². The van der Waals surface area contributed by atoms with Crippen molar-refractivity contribution in [3.63, 3.8) is 0 Å². The Hall–Kier alpha value is -1.97. The predicted molar refractivity (Wildman–Crippen MR) is 136 cm³/mol. The minimum atomic E-state index is 0.307. The number of fused-ring (bicyclic) bond motifs is 1. The van der Waals surface area contributed by atoms with Crippen LogP contribution in [0.3, 0.4) is 0 Å². The molecule has 5 N–H and O–H groups in total. The summed E-state index contributed by atoms with van der Waals surface area (Å²) in [5.41, 5.74) is 11.5. The number of piperidine rings is 1. The number of hydrogen-bond acceptors (Lipinski definition) is 8. The number of nitrogens with two attached hydrogens (primary N) is 1. The molecule has 2 aromatic rings. The third-order valence-electron chi connectivity index (χ3n) is 8.14. The maximum absolute atomic E-state index is 9.05. The van der Waals surface area contributed by atoms with E-state index in [0.717, 1.165) is 74.5 Å². The monoisotopic (exact) mass is 470 g/mol. The number of anilines is 2. The number of nitrogens with one attached hydrogen (secondary N) is 2. The van der Waals surface area contributed by atoms with Crippen LogP contribution in [-0.2, 0) is 0 Å². The molecule has 3 fully saturated rings. The first-order valence-electron chi connectivity index (χ1n) is 13.6. The average Bonchev–Trinajstić information content (AvgIpc) is 3.52. The molecule has 3 heterocycles. The Bertz CT molecular complexity index is 911. The quantitative estimate of drug-likeness (QED) is 0.409. The van der Waals surface area contributed by atoms with E-state index in [-0.39, 0.29) is 0 Å². The molecule has 0 aromatic carbocycles. The van der Waals surface area contributed by atoms with Gasteiger partial charge in [-0.25, -0.2) is 9.99 Å². The van der Waals surface area contributed by atoms with E-state index in [1.165, 1.54) is 44.9 Å². The zero-order chi connectivity index (χ0) is 23.3. The van der Waals surface area contributed by atoms with E-state index in [2.05, 4.69) is 20.3 Å². The van der Waals surface area contributed by atoms with Crippen molar-refractivity contribution < 1.29 is 5.11 Å². The smallest absolute Gasteiger partial charge is 0.227 e. The fraction of sp³-hybridized carbons (Fsp3) is 0.800. The van der Waals surface area contributed by atoms with E-state index in [4.69, 9.17) is 25.8 Å². The van der Waals surface area contributed by atoms with Gasteiger partial charge in [0.2, 0.25) is 5.95 Å². The van der Waals surface area contributed by atoms with Crippen LogP contribution in [0.15, 0.2) is 6.33 Å². The molecule has 2 saturated carbocycles. The normalized spacial score (nSPS) is 25.2. The van der Waals surface area contributed by atoms with Crippen LogP contribution in [0.1, 0.15) is 89.5 Å². The zero-order valence-electron chi connectivity index (χ0n) is 20.5. The van der Waals surface area contributed by atoms with E-state index in [0.29, 0.717) is 30.7 Å².